The van der Waals surface area contributed by atoms with E-state index in [9.17, 15) is 66.0 Å². The lowest BCUT2D eigenvalue weighted by Gasteiger charge is -2.11. The monoisotopic (exact) mass is 1470 g/mol. The van der Waals surface area contributed by atoms with Gasteiger partial charge in [-0.25, -0.2) is 75.4 Å². The second-order valence-electron chi connectivity index (χ2n) is 20.1. The lowest BCUT2D eigenvalue weighted by molar-refractivity contribution is -0.139. The first-order valence-electron chi connectivity index (χ1n) is 30.0. The SMILES string of the molecule is CCOC(=O)/C(C)=C/c1cc(F)c(Oc2ccc(S(=O)(=O)Cl)cc2)c(F)c1.CCOC(=O)/C(C)=C/c1cc(F)c(Oc2ccc(S(=O)(=O)NCCOCCOCCNS(=O)(=O)c3ccc(Oc4c(F)cc(/C=C(\C)C(=O)OCC)cc4F)cc3)cc2)c(F)c1.NCCOCCOCCN. The summed E-state index contributed by atoms with van der Waals surface area (Å²) in [5, 5.41) is 0. The Bertz CT molecular complexity index is 3850. The molecule has 0 aromatic heterocycles. The minimum absolute atomic E-state index is 0.0165. The summed E-state index contributed by atoms with van der Waals surface area (Å²) in [6.45, 7) is 13.1. The molecule has 6 aromatic rings. The van der Waals surface area contributed by atoms with Gasteiger partial charge < -0.3 is 58.8 Å². The van der Waals surface area contributed by atoms with Crippen LogP contribution in [-0.4, -0.2) is 142 Å². The van der Waals surface area contributed by atoms with Gasteiger partial charge in [0.25, 0.3) is 9.05 Å². The topological polar surface area (TPSA) is 322 Å². The van der Waals surface area contributed by atoms with Crippen molar-refractivity contribution < 1.29 is 113 Å². The number of carbonyl (C=O) groups excluding carboxylic acids is 3. The lowest BCUT2D eigenvalue weighted by atomic mass is 10.1. The van der Waals surface area contributed by atoms with Crippen molar-refractivity contribution in [3.8, 4) is 34.5 Å². The zero-order valence-electron chi connectivity index (χ0n) is 54.5. The fourth-order valence-electron chi connectivity index (χ4n) is 7.81. The van der Waals surface area contributed by atoms with Gasteiger partial charge in [-0.2, -0.15) is 0 Å². The van der Waals surface area contributed by atoms with Gasteiger partial charge in [0.1, 0.15) is 17.2 Å². The van der Waals surface area contributed by atoms with Crippen molar-refractivity contribution in [3.05, 3.63) is 178 Å². The van der Waals surface area contributed by atoms with E-state index in [0.29, 0.717) is 39.5 Å². The molecule has 0 saturated heterocycles. The third kappa shape index (κ3) is 28.9. The Morgan fingerprint density at radius 1 is 0.404 bits per heavy atom. The number of carbonyl (C=O) groups is 3. The van der Waals surface area contributed by atoms with E-state index >= 15 is 0 Å². The quantitative estimate of drug-likeness (QED) is 0.00709. The van der Waals surface area contributed by atoms with Gasteiger partial charge in [0.05, 0.1) is 87.4 Å². The maximum absolute atomic E-state index is 14.7. The molecule has 0 aliphatic carbocycles. The molecule has 0 aliphatic heterocycles. The number of sulfonamides is 2. The minimum Gasteiger partial charge on any atom is -0.463 e. The number of esters is 3. The Morgan fingerprint density at radius 2 is 0.646 bits per heavy atom. The standard InChI is InChI=1S/C42H44F4N2O12S2.C18H15ClF2O5S.C6H16N2O2/c1-5-57-41(49)27(3)21-29-23-35(43)39(36(44)24-29)59-31-7-11-33(12-8-31)61(51,52)47-15-17-55-19-20-56-18-16-48-62(53,54)34-13-9-32(10-14-34)60-40-37(45)25-30(26-38(40)46)22-28(4)42(50)58-6-2;1-3-25-18(22)11(2)8-12-9-15(20)17(16(21)10-12)26-13-4-6-14(7-5-13)27(19,23)24;7-1-3-9-5-6-10-4-2-8/h7-14,21-26,47-48H,5-6,15-20H2,1-4H3;4-10H,3H2,1-2H3;1-8H2/b27-21+,28-22+;11-8+;. The first-order valence-corrected chi connectivity index (χ1v) is 35.3. The number of halogens is 7. The maximum Gasteiger partial charge on any atom is 0.333 e. The molecule has 0 aliphatic rings. The van der Waals surface area contributed by atoms with Crippen LogP contribution in [0, 0.1) is 34.9 Å². The molecular formula is C66H75ClF6N4O19S3. The summed E-state index contributed by atoms with van der Waals surface area (Å²) in [7, 11) is -6.70. The van der Waals surface area contributed by atoms with Crippen molar-refractivity contribution in [3.63, 3.8) is 0 Å². The van der Waals surface area contributed by atoms with Crippen LogP contribution in [-0.2, 0) is 76.6 Å². The van der Waals surface area contributed by atoms with Gasteiger partial charge in [0, 0.05) is 53.6 Å². The van der Waals surface area contributed by atoms with E-state index in [1.807, 2.05) is 0 Å². The maximum atomic E-state index is 14.7. The van der Waals surface area contributed by atoms with Crippen molar-refractivity contribution in [1.82, 2.24) is 9.44 Å². The summed E-state index contributed by atoms with van der Waals surface area (Å²) in [4.78, 5) is 34.7. The fraction of sp³-hybridized carbons (Fsp3) is 0.318. The second kappa shape index (κ2) is 42.0. The van der Waals surface area contributed by atoms with Crippen LogP contribution in [0.1, 0.15) is 58.2 Å². The van der Waals surface area contributed by atoms with Crippen molar-refractivity contribution in [2.75, 3.05) is 98.9 Å². The highest BCUT2D eigenvalue weighted by atomic mass is 35.7. The smallest absolute Gasteiger partial charge is 0.333 e. The van der Waals surface area contributed by atoms with Crippen LogP contribution in [0.25, 0.3) is 18.2 Å². The van der Waals surface area contributed by atoms with E-state index in [0.717, 1.165) is 48.5 Å². The predicted molar refractivity (Wildman–Crippen MR) is 354 cm³/mol. The van der Waals surface area contributed by atoms with E-state index in [1.54, 1.807) is 20.8 Å². The molecule has 33 heteroatoms. The molecule has 0 amide bonds. The van der Waals surface area contributed by atoms with Crippen LogP contribution in [0.15, 0.2) is 141 Å². The highest BCUT2D eigenvalue weighted by Gasteiger charge is 2.21. The van der Waals surface area contributed by atoms with E-state index < -0.39 is 99.2 Å². The number of hydrogen-bond acceptors (Lipinski definition) is 21. The van der Waals surface area contributed by atoms with Gasteiger partial charge in [0.2, 0.25) is 20.0 Å². The fourth-order valence-corrected chi connectivity index (χ4v) is 10.6. The van der Waals surface area contributed by atoms with E-state index in [1.165, 1.54) is 99.7 Å². The average molecular weight is 1470 g/mol. The Balaban J connectivity index is 0.000000458. The van der Waals surface area contributed by atoms with Crippen LogP contribution in [0.5, 0.6) is 34.5 Å². The molecule has 6 rings (SSSR count). The Labute approximate surface area is 574 Å². The Kier molecular flexibility index (Phi) is 35.3. The van der Waals surface area contributed by atoms with Gasteiger partial charge in [-0.15, -0.1) is 0 Å². The van der Waals surface area contributed by atoms with Crippen molar-refractivity contribution >= 4 is 75.9 Å². The first kappa shape index (κ1) is 83.2. The minimum atomic E-state index is -3.99. The molecule has 0 unspecified atom stereocenters. The van der Waals surface area contributed by atoms with Gasteiger partial charge in [-0.05, 0) is 186 Å². The van der Waals surface area contributed by atoms with Gasteiger partial charge in [-0.1, -0.05) is 0 Å². The number of rotatable bonds is 36. The number of nitrogens with one attached hydrogen (secondary N) is 2. The number of hydrogen-bond donors (Lipinski definition) is 4. The Hall–Kier alpha value is -8.25. The number of ether oxygens (including phenoxy) is 10. The highest BCUT2D eigenvalue weighted by Crippen LogP contribution is 2.34. The molecule has 0 spiro atoms. The number of benzene rings is 6. The van der Waals surface area contributed by atoms with Crippen LogP contribution in [0.2, 0.25) is 0 Å². The van der Waals surface area contributed by atoms with Gasteiger partial charge >= 0.3 is 17.9 Å². The van der Waals surface area contributed by atoms with Crippen molar-refractivity contribution in [1.29, 1.82) is 0 Å². The summed E-state index contributed by atoms with van der Waals surface area (Å²) in [6.07, 6.45) is 3.81. The molecule has 23 nitrogen and oxygen atoms in total. The predicted octanol–water partition coefficient (Wildman–Crippen LogP) is 10.6. The normalized spacial score (nSPS) is 12.0. The highest BCUT2D eigenvalue weighted by molar-refractivity contribution is 8.13. The molecule has 0 heterocycles. The van der Waals surface area contributed by atoms with E-state index in [-0.39, 0.29) is 125 Å². The van der Waals surface area contributed by atoms with Gasteiger partial charge in [0.15, 0.2) is 52.2 Å². The third-order valence-corrected chi connectivity index (χ3v) is 16.7. The summed E-state index contributed by atoms with van der Waals surface area (Å²) in [6, 6.07) is 20.2. The molecular weight excluding hydrogens is 1400 g/mol. The van der Waals surface area contributed by atoms with E-state index in [2.05, 4.69) is 9.44 Å². The molecule has 540 valence electrons. The van der Waals surface area contributed by atoms with Crippen molar-refractivity contribution in [2.24, 2.45) is 11.5 Å². The van der Waals surface area contributed by atoms with Gasteiger partial charge in [-0.3, -0.25) is 0 Å². The molecule has 6 aromatic carbocycles. The molecule has 0 saturated carbocycles. The zero-order chi connectivity index (χ0) is 73.3. The molecule has 0 atom stereocenters. The lowest BCUT2D eigenvalue weighted by Crippen LogP contribution is -2.28. The van der Waals surface area contributed by atoms with Crippen LogP contribution in [0.3, 0.4) is 0 Å². The molecule has 0 radical (unpaired) electrons. The summed E-state index contributed by atoms with van der Waals surface area (Å²) >= 11 is 0. The van der Waals surface area contributed by atoms with Crippen LogP contribution >= 0.6 is 10.7 Å². The third-order valence-electron chi connectivity index (χ3n) is 12.4. The first-order chi connectivity index (χ1) is 47.0. The molecule has 99 heavy (non-hydrogen) atoms. The zero-order valence-corrected chi connectivity index (χ0v) is 57.7. The van der Waals surface area contributed by atoms with E-state index in [4.69, 9.17) is 69.5 Å². The largest absolute Gasteiger partial charge is 0.463 e. The second-order valence-corrected chi connectivity index (χ2v) is 26.2. The average Bonchev–Trinajstić information content (AvgIpc) is 0.832. The Morgan fingerprint density at radius 3 is 0.879 bits per heavy atom. The summed E-state index contributed by atoms with van der Waals surface area (Å²) in [5.41, 5.74) is 11.1. The number of nitrogens with two attached hydrogens (primary N) is 2. The molecule has 0 fully saturated rings. The van der Waals surface area contributed by atoms with Crippen LogP contribution < -0.4 is 35.1 Å². The summed E-state index contributed by atoms with van der Waals surface area (Å²) in [5.74, 6) is -10.2. The molecule has 0 bridgehead atoms. The summed E-state index contributed by atoms with van der Waals surface area (Å²) < 4.78 is 216. The molecule has 6 N–H and O–H groups in total. The van der Waals surface area contributed by atoms with Crippen LogP contribution in [0.4, 0.5) is 26.3 Å². The van der Waals surface area contributed by atoms with Crippen molar-refractivity contribution in [2.45, 2.75) is 56.2 Å².